The number of hydrogen-bond acceptors (Lipinski definition) is 3. The van der Waals surface area contributed by atoms with Gasteiger partial charge in [-0.1, -0.05) is 6.07 Å². The third-order valence-corrected chi connectivity index (χ3v) is 3.23. The van der Waals surface area contributed by atoms with Crippen LogP contribution in [0.3, 0.4) is 0 Å². The summed E-state index contributed by atoms with van der Waals surface area (Å²) in [5, 5.41) is 17.7. The van der Waals surface area contributed by atoms with E-state index in [2.05, 4.69) is 40.7 Å². The Morgan fingerprint density at radius 2 is 2.18 bits per heavy atom. The maximum absolute atomic E-state index is 9.06. The van der Waals surface area contributed by atoms with Crippen molar-refractivity contribution in [2.24, 2.45) is 0 Å². The summed E-state index contributed by atoms with van der Waals surface area (Å²) in [6, 6.07) is 8.30. The second kappa shape index (κ2) is 6.63. The fourth-order valence-corrected chi connectivity index (χ4v) is 2.36. The monoisotopic (exact) mass is 296 g/mol. The van der Waals surface area contributed by atoms with Gasteiger partial charge in [-0.25, -0.2) is 0 Å². The number of benzene rings is 1. The Kier molecular flexibility index (Phi) is 5.46. The Morgan fingerprint density at radius 1 is 1.47 bits per heavy atom. The van der Waals surface area contributed by atoms with E-state index in [1.807, 2.05) is 18.2 Å². The van der Waals surface area contributed by atoms with Gasteiger partial charge in [0.1, 0.15) is 0 Å². The van der Waals surface area contributed by atoms with Gasteiger partial charge in [-0.2, -0.15) is 5.26 Å². The van der Waals surface area contributed by atoms with Crippen LogP contribution in [0, 0.1) is 11.3 Å². The molecule has 0 fully saturated rings. The molecule has 0 aromatic heterocycles. The number of anilines is 1. The van der Waals surface area contributed by atoms with Crippen LogP contribution >= 0.6 is 15.9 Å². The third kappa shape index (κ3) is 3.72. The first-order valence-corrected chi connectivity index (χ1v) is 6.42. The van der Waals surface area contributed by atoms with Crippen LogP contribution in [-0.4, -0.2) is 17.7 Å². The highest BCUT2D eigenvalue weighted by molar-refractivity contribution is 9.10. The number of halogens is 1. The van der Waals surface area contributed by atoms with Crippen LogP contribution in [0.4, 0.5) is 5.69 Å². The van der Waals surface area contributed by atoms with Crippen molar-refractivity contribution in [2.45, 2.75) is 32.9 Å². The van der Waals surface area contributed by atoms with Crippen molar-refractivity contribution in [3.63, 3.8) is 0 Å². The molecular weight excluding hydrogens is 280 g/mol. The fraction of sp³-hybridized carbons (Fsp3) is 0.462. The minimum atomic E-state index is 0.0404. The lowest BCUT2D eigenvalue weighted by atomic mass is 10.1. The van der Waals surface area contributed by atoms with Gasteiger partial charge in [0.25, 0.3) is 0 Å². The maximum Gasteiger partial charge on any atom is 0.0682 e. The van der Waals surface area contributed by atoms with E-state index in [9.17, 15) is 0 Å². The number of rotatable bonds is 5. The second-order valence-electron chi connectivity index (χ2n) is 4.14. The highest BCUT2D eigenvalue weighted by atomic mass is 79.9. The van der Waals surface area contributed by atoms with Crippen LogP contribution in [0.15, 0.2) is 22.7 Å². The molecule has 0 spiro atoms. The maximum atomic E-state index is 9.06. The number of hydrogen-bond donors (Lipinski definition) is 1. The molecule has 0 unspecified atom stereocenters. The molecule has 0 saturated heterocycles. The van der Waals surface area contributed by atoms with Crippen LogP contribution in [0.5, 0.6) is 0 Å². The molecule has 1 N–H and O–H groups in total. The van der Waals surface area contributed by atoms with Gasteiger partial charge in [-0.3, -0.25) is 0 Å². The molecule has 0 radical (unpaired) electrons. The van der Waals surface area contributed by atoms with E-state index in [-0.39, 0.29) is 6.61 Å². The molecule has 0 atom stereocenters. The summed E-state index contributed by atoms with van der Waals surface area (Å²) in [6.45, 7) is 4.96. The van der Waals surface area contributed by atoms with Crippen molar-refractivity contribution in [1.82, 2.24) is 0 Å². The van der Waals surface area contributed by atoms with Gasteiger partial charge in [0.05, 0.1) is 24.8 Å². The highest BCUT2D eigenvalue weighted by Crippen LogP contribution is 2.29. The van der Waals surface area contributed by atoms with Crippen LogP contribution in [-0.2, 0) is 6.61 Å². The van der Waals surface area contributed by atoms with Gasteiger partial charge < -0.3 is 10.0 Å². The zero-order chi connectivity index (χ0) is 12.8. The Balaban J connectivity index is 2.98. The molecule has 1 rings (SSSR count). The molecule has 0 aliphatic rings. The lowest BCUT2D eigenvalue weighted by molar-refractivity contribution is 0.282. The standard InChI is InChI=1S/C13H17BrN2O/c1-10(2)16(7-3-6-15)13-5-4-11(9-17)8-12(13)14/h4-5,8,10,17H,3,7,9H2,1-2H3. The molecule has 92 valence electrons. The van der Waals surface area contributed by atoms with Crippen molar-refractivity contribution in [1.29, 1.82) is 5.26 Å². The van der Waals surface area contributed by atoms with Crippen molar-refractivity contribution >= 4 is 21.6 Å². The van der Waals surface area contributed by atoms with Gasteiger partial charge >= 0.3 is 0 Å². The molecule has 1 aromatic carbocycles. The smallest absolute Gasteiger partial charge is 0.0682 e. The van der Waals surface area contributed by atoms with Crippen LogP contribution in [0.25, 0.3) is 0 Å². The van der Waals surface area contributed by atoms with Crippen molar-refractivity contribution < 1.29 is 5.11 Å². The summed E-state index contributed by atoms with van der Waals surface area (Å²) in [4.78, 5) is 2.18. The minimum Gasteiger partial charge on any atom is -0.392 e. The number of nitriles is 1. The first kappa shape index (κ1) is 14.0. The highest BCUT2D eigenvalue weighted by Gasteiger charge is 2.13. The molecule has 0 amide bonds. The number of nitrogens with zero attached hydrogens (tertiary/aromatic N) is 2. The van der Waals surface area contributed by atoms with E-state index in [0.717, 1.165) is 15.7 Å². The van der Waals surface area contributed by atoms with Gasteiger partial charge in [-0.05, 0) is 47.5 Å². The average molecular weight is 297 g/mol. The molecule has 0 aliphatic carbocycles. The molecule has 0 bridgehead atoms. The molecule has 0 heterocycles. The largest absolute Gasteiger partial charge is 0.392 e. The van der Waals surface area contributed by atoms with Gasteiger partial charge in [0, 0.05) is 17.1 Å². The molecule has 17 heavy (non-hydrogen) atoms. The zero-order valence-electron chi connectivity index (χ0n) is 10.2. The van der Waals surface area contributed by atoms with E-state index in [1.165, 1.54) is 0 Å². The summed E-state index contributed by atoms with van der Waals surface area (Å²) in [5.41, 5.74) is 1.94. The third-order valence-electron chi connectivity index (χ3n) is 2.59. The van der Waals surface area contributed by atoms with E-state index >= 15 is 0 Å². The Labute approximate surface area is 111 Å². The Morgan fingerprint density at radius 3 is 2.65 bits per heavy atom. The SMILES string of the molecule is CC(C)N(CCC#N)c1ccc(CO)cc1Br. The van der Waals surface area contributed by atoms with E-state index < -0.39 is 0 Å². The van der Waals surface area contributed by atoms with Crippen LogP contribution < -0.4 is 4.90 Å². The van der Waals surface area contributed by atoms with Crippen molar-refractivity contribution in [3.05, 3.63) is 28.2 Å². The minimum absolute atomic E-state index is 0.0404. The topological polar surface area (TPSA) is 47.3 Å². The molecule has 4 heteroatoms. The van der Waals surface area contributed by atoms with E-state index in [1.54, 1.807) is 0 Å². The van der Waals surface area contributed by atoms with Gasteiger partial charge in [0.2, 0.25) is 0 Å². The molecule has 0 saturated carbocycles. The molecule has 1 aromatic rings. The first-order valence-electron chi connectivity index (χ1n) is 5.63. The van der Waals surface area contributed by atoms with E-state index in [0.29, 0.717) is 19.0 Å². The predicted octanol–water partition coefficient (Wildman–Crippen LogP) is 3.07. The number of aliphatic hydroxyl groups excluding tert-OH is 1. The quantitative estimate of drug-likeness (QED) is 0.908. The van der Waals surface area contributed by atoms with Crippen molar-refractivity contribution in [3.8, 4) is 6.07 Å². The first-order chi connectivity index (χ1) is 8.10. The molecular formula is C13H17BrN2O. The number of aliphatic hydroxyl groups is 1. The summed E-state index contributed by atoms with van der Waals surface area (Å²) in [5.74, 6) is 0. The van der Waals surface area contributed by atoms with Gasteiger partial charge in [0.15, 0.2) is 0 Å². The van der Waals surface area contributed by atoms with Gasteiger partial charge in [-0.15, -0.1) is 0 Å². The summed E-state index contributed by atoms with van der Waals surface area (Å²) in [6.07, 6.45) is 0.506. The zero-order valence-corrected chi connectivity index (χ0v) is 11.7. The normalized spacial score (nSPS) is 10.4. The Bertz CT molecular complexity index is 412. The lowest BCUT2D eigenvalue weighted by Gasteiger charge is -2.29. The van der Waals surface area contributed by atoms with Crippen LogP contribution in [0.1, 0.15) is 25.8 Å². The summed E-state index contributed by atoms with van der Waals surface area (Å²) in [7, 11) is 0. The molecule has 3 nitrogen and oxygen atoms in total. The van der Waals surface area contributed by atoms with E-state index in [4.69, 9.17) is 10.4 Å². The lowest BCUT2D eigenvalue weighted by Crippen LogP contribution is -2.31. The summed E-state index contributed by atoms with van der Waals surface area (Å²) >= 11 is 3.51. The van der Waals surface area contributed by atoms with Crippen molar-refractivity contribution in [2.75, 3.05) is 11.4 Å². The Hall–Kier alpha value is -1.05. The van der Waals surface area contributed by atoms with Crippen LogP contribution in [0.2, 0.25) is 0 Å². The fourth-order valence-electron chi connectivity index (χ4n) is 1.71. The predicted molar refractivity (Wildman–Crippen MR) is 72.8 cm³/mol. The average Bonchev–Trinajstić information content (AvgIpc) is 2.30. The molecule has 0 aliphatic heterocycles. The summed E-state index contributed by atoms with van der Waals surface area (Å²) < 4.78 is 0.954. The second-order valence-corrected chi connectivity index (χ2v) is 4.99.